The van der Waals surface area contributed by atoms with Gasteiger partial charge in [0.2, 0.25) is 0 Å². The van der Waals surface area contributed by atoms with E-state index in [4.69, 9.17) is 7.85 Å². The first-order valence-electron chi connectivity index (χ1n) is 8.28. The van der Waals surface area contributed by atoms with Crippen LogP contribution in [0.4, 0.5) is 0 Å². The maximum absolute atomic E-state index is 12.6. The summed E-state index contributed by atoms with van der Waals surface area (Å²) in [5.74, 6) is 0.617. The highest BCUT2D eigenvalue weighted by atomic mass is 16.1. The maximum Gasteiger partial charge on any atom is 0.253 e. The summed E-state index contributed by atoms with van der Waals surface area (Å²) in [6.45, 7) is 0.780. The molecule has 0 unspecified atom stereocenters. The third kappa shape index (κ3) is 3.06. The Hall–Kier alpha value is -1.71. The number of amides is 1. The summed E-state index contributed by atoms with van der Waals surface area (Å²) >= 11 is 0. The van der Waals surface area contributed by atoms with Crippen molar-refractivity contribution in [1.82, 2.24) is 9.88 Å². The van der Waals surface area contributed by atoms with Gasteiger partial charge in [-0.05, 0) is 24.8 Å². The summed E-state index contributed by atoms with van der Waals surface area (Å²) in [7, 11) is 8.02. The van der Waals surface area contributed by atoms with Crippen LogP contribution < -0.4 is 10.8 Å². The van der Waals surface area contributed by atoms with Gasteiger partial charge in [0.25, 0.3) is 5.91 Å². The van der Waals surface area contributed by atoms with E-state index in [-0.39, 0.29) is 5.91 Å². The van der Waals surface area contributed by atoms with Crippen LogP contribution in [0.3, 0.4) is 0 Å². The van der Waals surface area contributed by atoms with Gasteiger partial charge in [-0.25, -0.2) is 0 Å². The molecule has 0 bridgehead atoms. The molecule has 0 aliphatic heterocycles. The molecular weight excluding hydrogens is 271 g/mol. The van der Waals surface area contributed by atoms with Crippen LogP contribution >= 0.6 is 0 Å². The van der Waals surface area contributed by atoms with Crippen LogP contribution in [-0.4, -0.2) is 24.9 Å². The van der Waals surface area contributed by atoms with E-state index in [1.54, 1.807) is 0 Å². The van der Waals surface area contributed by atoms with Crippen LogP contribution in [0.1, 0.15) is 48.9 Å². The van der Waals surface area contributed by atoms with Crippen molar-refractivity contribution in [2.24, 2.45) is 13.0 Å². The Morgan fingerprint density at radius 1 is 1.27 bits per heavy atom. The molecule has 3 rings (SSSR count). The number of carbonyl (C=O) groups excluding carboxylic acids is 1. The van der Waals surface area contributed by atoms with Crippen molar-refractivity contribution < 1.29 is 4.79 Å². The topological polar surface area (TPSA) is 34.0 Å². The summed E-state index contributed by atoms with van der Waals surface area (Å²) in [6, 6.07) is 5.77. The van der Waals surface area contributed by atoms with Crippen LogP contribution in [0.25, 0.3) is 10.9 Å². The highest BCUT2D eigenvalue weighted by Gasteiger charge is 2.17. The fourth-order valence-electron chi connectivity index (χ4n) is 3.55. The SMILES string of the molecule is [B]c1cccc2c1c(C(=O)NCC1CCCCCC1)cn2C. The molecule has 1 aliphatic rings. The molecule has 1 fully saturated rings. The van der Waals surface area contributed by atoms with Crippen molar-refractivity contribution >= 4 is 30.1 Å². The van der Waals surface area contributed by atoms with Gasteiger partial charge in [-0.2, -0.15) is 0 Å². The lowest BCUT2D eigenvalue weighted by Gasteiger charge is -2.14. The van der Waals surface area contributed by atoms with Gasteiger partial charge in [-0.15, -0.1) is 0 Å². The molecule has 0 atom stereocenters. The summed E-state index contributed by atoms with van der Waals surface area (Å²) < 4.78 is 1.96. The lowest BCUT2D eigenvalue weighted by atomic mass is 9.90. The average molecular weight is 294 g/mol. The molecule has 1 aromatic heterocycles. The van der Waals surface area contributed by atoms with Gasteiger partial charge >= 0.3 is 0 Å². The number of benzene rings is 1. The normalized spacial score (nSPS) is 16.6. The number of fused-ring (bicyclic) bond motifs is 1. The molecule has 2 aromatic rings. The van der Waals surface area contributed by atoms with Gasteiger partial charge in [-0.3, -0.25) is 4.79 Å². The summed E-state index contributed by atoms with van der Waals surface area (Å²) in [6.07, 6.45) is 9.61. The molecule has 1 aliphatic carbocycles. The van der Waals surface area contributed by atoms with Gasteiger partial charge in [0.15, 0.2) is 0 Å². The zero-order valence-corrected chi connectivity index (χ0v) is 13.3. The number of hydrogen-bond acceptors (Lipinski definition) is 1. The molecule has 0 saturated heterocycles. The first kappa shape index (κ1) is 15.2. The molecule has 1 saturated carbocycles. The van der Waals surface area contributed by atoms with Gasteiger partial charge in [0, 0.05) is 30.7 Å². The number of rotatable bonds is 3. The highest BCUT2D eigenvalue weighted by molar-refractivity contribution is 6.40. The van der Waals surface area contributed by atoms with Gasteiger partial charge < -0.3 is 9.88 Å². The first-order chi connectivity index (χ1) is 10.7. The Balaban J connectivity index is 1.75. The third-order valence-corrected chi connectivity index (χ3v) is 4.82. The number of nitrogens with one attached hydrogen (secondary N) is 1. The summed E-state index contributed by atoms with van der Waals surface area (Å²) in [5.41, 5.74) is 2.35. The minimum Gasteiger partial charge on any atom is -0.352 e. The second-order valence-corrected chi connectivity index (χ2v) is 6.46. The summed E-state index contributed by atoms with van der Waals surface area (Å²) in [5, 5.41) is 3.99. The van der Waals surface area contributed by atoms with Gasteiger partial charge in [0.1, 0.15) is 7.85 Å². The average Bonchev–Trinajstić information content (AvgIpc) is 2.70. The number of hydrogen-bond donors (Lipinski definition) is 1. The van der Waals surface area contributed by atoms with Crippen molar-refractivity contribution in [2.75, 3.05) is 6.54 Å². The molecule has 0 spiro atoms. The maximum atomic E-state index is 12.6. The molecule has 1 amide bonds. The van der Waals surface area contributed by atoms with E-state index in [1.165, 1.54) is 38.5 Å². The standard InChI is InChI=1S/C18H23BN2O/c1-21-12-14(17-15(19)9-6-10-16(17)21)18(22)20-11-13-7-4-2-3-5-8-13/h6,9-10,12-13H,2-5,7-8,11H2,1H3,(H,20,22). The number of aromatic nitrogens is 1. The van der Waals surface area contributed by atoms with Crippen molar-refractivity contribution in [2.45, 2.75) is 38.5 Å². The fourth-order valence-corrected chi connectivity index (χ4v) is 3.55. The molecule has 1 heterocycles. The highest BCUT2D eigenvalue weighted by Crippen LogP contribution is 2.23. The second-order valence-electron chi connectivity index (χ2n) is 6.46. The Labute approximate surface area is 133 Å². The molecule has 2 radical (unpaired) electrons. The predicted molar refractivity (Wildman–Crippen MR) is 91.8 cm³/mol. The van der Waals surface area contributed by atoms with Crippen molar-refractivity contribution in [3.05, 3.63) is 30.0 Å². The van der Waals surface area contributed by atoms with Gasteiger partial charge in [-0.1, -0.05) is 43.3 Å². The van der Waals surface area contributed by atoms with Crippen molar-refractivity contribution in [1.29, 1.82) is 0 Å². The minimum atomic E-state index is -0.00672. The Morgan fingerprint density at radius 3 is 2.73 bits per heavy atom. The number of nitrogens with zero attached hydrogens (tertiary/aromatic N) is 1. The van der Waals surface area contributed by atoms with Gasteiger partial charge in [0.05, 0.1) is 5.56 Å². The lowest BCUT2D eigenvalue weighted by Crippen LogP contribution is -2.29. The van der Waals surface area contributed by atoms with E-state index in [1.807, 2.05) is 36.0 Å². The fraction of sp³-hybridized carbons (Fsp3) is 0.500. The number of aryl methyl sites for hydroxylation is 1. The largest absolute Gasteiger partial charge is 0.352 e. The first-order valence-corrected chi connectivity index (χ1v) is 8.28. The lowest BCUT2D eigenvalue weighted by molar-refractivity contribution is 0.0947. The van der Waals surface area contributed by atoms with E-state index in [2.05, 4.69) is 5.32 Å². The van der Waals surface area contributed by atoms with Crippen molar-refractivity contribution in [3.63, 3.8) is 0 Å². The van der Waals surface area contributed by atoms with Crippen LogP contribution in [0.2, 0.25) is 0 Å². The predicted octanol–water partition coefficient (Wildman–Crippen LogP) is 2.67. The van der Waals surface area contributed by atoms with E-state index >= 15 is 0 Å². The second kappa shape index (κ2) is 6.59. The van der Waals surface area contributed by atoms with E-state index < -0.39 is 0 Å². The zero-order valence-electron chi connectivity index (χ0n) is 13.3. The van der Waals surface area contributed by atoms with Crippen LogP contribution in [0, 0.1) is 5.92 Å². The van der Waals surface area contributed by atoms with Crippen LogP contribution in [0.5, 0.6) is 0 Å². The van der Waals surface area contributed by atoms with E-state index in [0.717, 1.165) is 17.4 Å². The smallest absolute Gasteiger partial charge is 0.253 e. The Morgan fingerprint density at radius 2 is 2.00 bits per heavy atom. The monoisotopic (exact) mass is 294 g/mol. The van der Waals surface area contributed by atoms with Crippen LogP contribution in [0.15, 0.2) is 24.4 Å². The van der Waals surface area contributed by atoms with Crippen LogP contribution in [-0.2, 0) is 7.05 Å². The molecule has 114 valence electrons. The zero-order chi connectivity index (χ0) is 15.5. The van der Waals surface area contributed by atoms with E-state index in [0.29, 0.717) is 16.9 Å². The molecule has 1 N–H and O–H groups in total. The Bertz CT molecular complexity index is 669. The number of carbonyl (C=O) groups is 1. The minimum absolute atomic E-state index is 0.00672. The third-order valence-electron chi connectivity index (χ3n) is 4.82. The molecule has 3 nitrogen and oxygen atoms in total. The quantitative estimate of drug-likeness (QED) is 0.685. The molecule has 4 heteroatoms. The van der Waals surface area contributed by atoms with Crippen molar-refractivity contribution in [3.8, 4) is 0 Å². The molecular formula is C18H23BN2O. The summed E-state index contributed by atoms with van der Waals surface area (Å²) in [4.78, 5) is 12.6. The Kier molecular flexibility index (Phi) is 4.56. The molecule has 22 heavy (non-hydrogen) atoms. The molecule has 1 aromatic carbocycles. The van der Waals surface area contributed by atoms with E-state index in [9.17, 15) is 4.79 Å².